The zero-order chi connectivity index (χ0) is 24.7. The van der Waals surface area contributed by atoms with E-state index in [0.717, 1.165) is 6.07 Å². The van der Waals surface area contributed by atoms with Crippen molar-refractivity contribution in [2.24, 2.45) is 0 Å². The molecule has 5 rings (SSSR count). The average molecular weight is 503 g/mol. The number of benzene rings is 2. The van der Waals surface area contributed by atoms with E-state index in [4.69, 9.17) is 11.6 Å². The molecule has 0 aliphatic carbocycles. The van der Waals surface area contributed by atoms with Gasteiger partial charge in [-0.3, -0.25) is 9.59 Å². The largest absolute Gasteiger partial charge is 0.417 e. The highest BCUT2D eigenvalue weighted by Crippen LogP contribution is 2.34. The summed E-state index contributed by atoms with van der Waals surface area (Å²) < 4.78 is 40.0. The fourth-order valence-electron chi connectivity index (χ4n) is 4.07. The summed E-state index contributed by atoms with van der Waals surface area (Å²) >= 11 is 6.02. The van der Waals surface area contributed by atoms with Crippen molar-refractivity contribution in [3.05, 3.63) is 70.2 Å². The first kappa shape index (κ1) is 22.9. The van der Waals surface area contributed by atoms with Crippen LogP contribution in [0.3, 0.4) is 0 Å². The molecule has 3 aromatic rings. The standard InChI is InChI=1S/C23H18ClF3N6O2/c24-13-5-6-17-18(11-13)29-21(34)15-12-19(30-31-20(15)28-17)32-7-9-33(10-8-32)22(35)14-3-1-2-4-16(14)23(25,26)27/h1-6,11-12H,7-10H2,(H,28,31)(H,29,34). The Morgan fingerprint density at radius 1 is 0.943 bits per heavy atom. The number of piperazine rings is 1. The van der Waals surface area contributed by atoms with E-state index in [1.54, 1.807) is 24.3 Å². The van der Waals surface area contributed by atoms with Crippen LogP contribution in [0.1, 0.15) is 26.3 Å². The maximum atomic E-state index is 13.3. The number of hydrogen-bond donors (Lipinski definition) is 2. The molecule has 0 unspecified atom stereocenters. The maximum absolute atomic E-state index is 13.3. The van der Waals surface area contributed by atoms with Crippen LogP contribution in [0, 0.1) is 0 Å². The zero-order valence-electron chi connectivity index (χ0n) is 18.1. The quantitative estimate of drug-likeness (QED) is 0.539. The van der Waals surface area contributed by atoms with Gasteiger partial charge in [0.2, 0.25) is 0 Å². The summed E-state index contributed by atoms with van der Waals surface area (Å²) in [6.07, 6.45) is -4.62. The van der Waals surface area contributed by atoms with Crippen LogP contribution in [0.2, 0.25) is 5.02 Å². The first-order chi connectivity index (χ1) is 16.7. The van der Waals surface area contributed by atoms with Crippen LogP contribution < -0.4 is 15.5 Å². The lowest BCUT2D eigenvalue weighted by Crippen LogP contribution is -2.49. The number of nitrogens with one attached hydrogen (secondary N) is 2. The summed E-state index contributed by atoms with van der Waals surface area (Å²) in [5.41, 5.74) is 0.0774. The van der Waals surface area contributed by atoms with Gasteiger partial charge >= 0.3 is 6.18 Å². The second kappa shape index (κ2) is 8.73. The highest BCUT2D eigenvalue weighted by atomic mass is 35.5. The molecule has 2 amide bonds. The van der Waals surface area contributed by atoms with Crippen molar-refractivity contribution in [3.8, 4) is 0 Å². The SMILES string of the molecule is O=C1Nc2cc(Cl)ccc2Nc2nnc(N3CCN(C(=O)c4ccccc4C(F)(F)F)CC3)cc21. The summed E-state index contributed by atoms with van der Waals surface area (Å²) in [4.78, 5) is 28.8. The minimum Gasteiger partial charge on any atom is -0.352 e. The number of nitrogens with zero attached hydrogens (tertiary/aromatic N) is 4. The van der Waals surface area contributed by atoms with Crippen molar-refractivity contribution in [1.29, 1.82) is 0 Å². The Bertz CT molecular complexity index is 1320. The van der Waals surface area contributed by atoms with E-state index in [9.17, 15) is 22.8 Å². The number of carbonyl (C=O) groups is 2. The van der Waals surface area contributed by atoms with Gasteiger partial charge in [-0.15, -0.1) is 10.2 Å². The van der Waals surface area contributed by atoms with Crippen LogP contribution >= 0.6 is 11.6 Å². The number of halogens is 4. The molecule has 0 saturated carbocycles. The molecule has 0 bridgehead atoms. The van der Waals surface area contributed by atoms with Gasteiger partial charge in [0.05, 0.1) is 28.1 Å². The summed E-state index contributed by atoms with van der Waals surface area (Å²) in [7, 11) is 0. The first-order valence-electron chi connectivity index (χ1n) is 10.7. The van der Waals surface area contributed by atoms with Gasteiger partial charge < -0.3 is 20.4 Å². The highest BCUT2D eigenvalue weighted by Gasteiger charge is 2.36. The van der Waals surface area contributed by atoms with E-state index in [2.05, 4.69) is 20.8 Å². The second-order valence-electron chi connectivity index (χ2n) is 8.06. The normalized spacial score (nSPS) is 15.5. The van der Waals surface area contributed by atoms with E-state index < -0.39 is 17.6 Å². The molecule has 12 heteroatoms. The fraction of sp³-hybridized carbons (Fsp3) is 0.217. The molecule has 35 heavy (non-hydrogen) atoms. The molecular weight excluding hydrogens is 485 g/mol. The molecule has 0 atom stereocenters. The molecule has 180 valence electrons. The number of carbonyl (C=O) groups excluding carboxylic acids is 2. The number of anilines is 4. The lowest BCUT2D eigenvalue weighted by Gasteiger charge is -2.35. The maximum Gasteiger partial charge on any atom is 0.417 e. The van der Waals surface area contributed by atoms with Gasteiger partial charge in [-0.1, -0.05) is 23.7 Å². The molecule has 2 aromatic carbocycles. The Hall–Kier alpha value is -3.86. The summed E-state index contributed by atoms with van der Waals surface area (Å²) in [5.74, 6) is -0.356. The van der Waals surface area contributed by atoms with Crippen LogP contribution in [0.4, 0.5) is 36.2 Å². The number of fused-ring (bicyclic) bond motifs is 2. The van der Waals surface area contributed by atoms with E-state index >= 15 is 0 Å². The molecule has 2 N–H and O–H groups in total. The summed E-state index contributed by atoms with van der Waals surface area (Å²) in [6.45, 7) is 1.02. The van der Waals surface area contributed by atoms with Crippen LogP contribution in [0.15, 0.2) is 48.5 Å². The Kier molecular flexibility index (Phi) is 5.72. The Morgan fingerprint density at radius 3 is 2.43 bits per heavy atom. The van der Waals surface area contributed by atoms with E-state index in [-0.39, 0.29) is 35.9 Å². The monoisotopic (exact) mass is 502 g/mol. The van der Waals surface area contributed by atoms with Crippen molar-refractivity contribution in [2.75, 3.05) is 41.7 Å². The molecule has 0 radical (unpaired) electrons. The fourth-order valence-corrected chi connectivity index (χ4v) is 4.25. The van der Waals surface area contributed by atoms with Crippen molar-refractivity contribution in [1.82, 2.24) is 15.1 Å². The second-order valence-corrected chi connectivity index (χ2v) is 8.49. The van der Waals surface area contributed by atoms with Crippen molar-refractivity contribution < 1.29 is 22.8 Å². The van der Waals surface area contributed by atoms with E-state index in [0.29, 0.717) is 35.3 Å². The predicted molar refractivity (Wildman–Crippen MR) is 124 cm³/mol. The van der Waals surface area contributed by atoms with Crippen LogP contribution in [-0.2, 0) is 6.18 Å². The van der Waals surface area contributed by atoms with Crippen molar-refractivity contribution in [2.45, 2.75) is 6.18 Å². The number of aromatic nitrogens is 2. The third-order valence-corrected chi connectivity index (χ3v) is 6.10. The predicted octanol–water partition coefficient (Wildman–Crippen LogP) is 4.42. The number of alkyl halides is 3. The molecule has 2 aliphatic heterocycles. The Morgan fingerprint density at radius 2 is 1.69 bits per heavy atom. The number of rotatable bonds is 2. The number of amides is 2. The zero-order valence-corrected chi connectivity index (χ0v) is 18.8. The van der Waals surface area contributed by atoms with Gasteiger partial charge in [0.25, 0.3) is 11.8 Å². The smallest absolute Gasteiger partial charge is 0.352 e. The van der Waals surface area contributed by atoms with Gasteiger partial charge in [-0.2, -0.15) is 13.2 Å². The molecule has 1 fully saturated rings. The molecule has 3 heterocycles. The first-order valence-corrected chi connectivity index (χ1v) is 11.0. The minimum absolute atomic E-state index is 0.193. The van der Waals surface area contributed by atoms with Crippen LogP contribution in [0.5, 0.6) is 0 Å². The average Bonchev–Trinajstić information content (AvgIpc) is 2.98. The minimum atomic E-state index is -4.62. The lowest BCUT2D eigenvalue weighted by molar-refractivity contribution is -0.138. The molecule has 0 spiro atoms. The molecule has 1 aromatic heterocycles. The summed E-state index contributed by atoms with van der Waals surface area (Å²) in [5, 5.41) is 14.7. The molecule has 8 nitrogen and oxygen atoms in total. The van der Waals surface area contributed by atoms with Crippen LogP contribution in [-0.4, -0.2) is 53.1 Å². The molecule has 1 saturated heterocycles. The topological polar surface area (TPSA) is 90.5 Å². The van der Waals surface area contributed by atoms with Gasteiger partial charge in [-0.25, -0.2) is 0 Å². The van der Waals surface area contributed by atoms with E-state index in [1.807, 2.05) is 4.90 Å². The summed E-state index contributed by atoms with van der Waals surface area (Å²) in [6, 6.07) is 11.4. The van der Waals surface area contributed by atoms with E-state index in [1.165, 1.54) is 23.1 Å². The Balaban J connectivity index is 1.31. The lowest BCUT2D eigenvalue weighted by atomic mass is 10.1. The number of hydrogen-bond acceptors (Lipinski definition) is 6. The van der Waals surface area contributed by atoms with Gasteiger partial charge in [-0.05, 0) is 36.4 Å². The van der Waals surface area contributed by atoms with Gasteiger partial charge in [0, 0.05) is 31.2 Å². The molecule has 2 aliphatic rings. The van der Waals surface area contributed by atoms with Crippen molar-refractivity contribution in [3.63, 3.8) is 0 Å². The van der Waals surface area contributed by atoms with Gasteiger partial charge in [0.15, 0.2) is 11.6 Å². The van der Waals surface area contributed by atoms with Gasteiger partial charge in [0.1, 0.15) is 0 Å². The Labute approximate surface area is 202 Å². The highest BCUT2D eigenvalue weighted by molar-refractivity contribution is 6.31. The molecular formula is C23H18ClF3N6O2. The third-order valence-electron chi connectivity index (χ3n) is 5.86. The third kappa shape index (κ3) is 4.46. The van der Waals surface area contributed by atoms with Crippen molar-refractivity contribution >= 4 is 46.4 Å². The van der Waals surface area contributed by atoms with Crippen LogP contribution in [0.25, 0.3) is 0 Å².